The fourth-order valence-electron chi connectivity index (χ4n) is 1.82. The maximum Gasteiger partial charge on any atom is 0.103 e. The first kappa shape index (κ1) is 12.7. The van der Waals surface area contributed by atoms with Crippen LogP contribution < -0.4 is 5.32 Å². The molecule has 90 valence electrons. The number of nitriles is 1. The summed E-state index contributed by atoms with van der Waals surface area (Å²) in [6.45, 7) is 2.08. The SMILES string of the molecule is CC(Nc1cccc(Br)c1C#N)c1ccccc1. The number of nitrogens with one attached hydrogen (secondary N) is 1. The molecule has 0 amide bonds. The van der Waals surface area contributed by atoms with Crippen molar-refractivity contribution >= 4 is 21.6 Å². The minimum atomic E-state index is 0.160. The Morgan fingerprint density at radius 1 is 1.11 bits per heavy atom. The third-order valence-corrected chi connectivity index (χ3v) is 3.46. The molecule has 0 spiro atoms. The summed E-state index contributed by atoms with van der Waals surface area (Å²) in [7, 11) is 0. The molecule has 18 heavy (non-hydrogen) atoms. The van der Waals surface area contributed by atoms with E-state index in [2.05, 4.69) is 46.4 Å². The maximum atomic E-state index is 9.16. The van der Waals surface area contributed by atoms with E-state index in [0.29, 0.717) is 5.56 Å². The lowest BCUT2D eigenvalue weighted by atomic mass is 10.1. The highest BCUT2D eigenvalue weighted by Gasteiger charge is 2.09. The van der Waals surface area contributed by atoms with Crippen LogP contribution in [-0.4, -0.2) is 0 Å². The molecule has 1 N–H and O–H groups in total. The quantitative estimate of drug-likeness (QED) is 0.906. The van der Waals surface area contributed by atoms with Crippen molar-refractivity contribution < 1.29 is 0 Å². The highest BCUT2D eigenvalue weighted by Crippen LogP contribution is 2.27. The monoisotopic (exact) mass is 300 g/mol. The lowest BCUT2D eigenvalue weighted by Crippen LogP contribution is -2.07. The van der Waals surface area contributed by atoms with E-state index in [1.165, 1.54) is 5.56 Å². The van der Waals surface area contributed by atoms with Gasteiger partial charge in [0.15, 0.2) is 0 Å². The van der Waals surface area contributed by atoms with E-state index in [9.17, 15) is 0 Å². The maximum absolute atomic E-state index is 9.16. The van der Waals surface area contributed by atoms with Crippen molar-refractivity contribution in [3.8, 4) is 6.07 Å². The Bertz CT molecular complexity index is 573. The van der Waals surface area contributed by atoms with Crippen molar-refractivity contribution in [1.82, 2.24) is 0 Å². The van der Waals surface area contributed by atoms with E-state index in [4.69, 9.17) is 5.26 Å². The van der Waals surface area contributed by atoms with Gasteiger partial charge in [0, 0.05) is 10.5 Å². The standard InChI is InChI=1S/C15H13BrN2/c1-11(12-6-3-2-4-7-12)18-15-9-5-8-14(16)13(15)10-17/h2-9,11,18H,1H3. The van der Waals surface area contributed by atoms with Gasteiger partial charge in [-0.15, -0.1) is 0 Å². The summed E-state index contributed by atoms with van der Waals surface area (Å²) in [6, 6.07) is 18.2. The largest absolute Gasteiger partial charge is 0.377 e. The molecule has 0 aliphatic heterocycles. The number of benzene rings is 2. The second-order valence-electron chi connectivity index (χ2n) is 4.05. The molecule has 0 radical (unpaired) electrons. The molecule has 0 aliphatic rings. The van der Waals surface area contributed by atoms with Crippen molar-refractivity contribution in [2.24, 2.45) is 0 Å². The molecular formula is C15H13BrN2. The number of anilines is 1. The van der Waals surface area contributed by atoms with Crippen molar-refractivity contribution in [3.63, 3.8) is 0 Å². The van der Waals surface area contributed by atoms with E-state index in [-0.39, 0.29) is 6.04 Å². The molecule has 2 rings (SSSR count). The molecule has 2 aromatic rings. The average Bonchev–Trinajstić information content (AvgIpc) is 2.40. The van der Waals surface area contributed by atoms with Crippen LogP contribution >= 0.6 is 15.9 Å². The zero-order valence-electron chi connectivity index (χ0n) is 10.0. The highest BCUT2D eigenvalue weighted by molar-refractivity contribution is 9.10. The Kier molecular flexibility index (Phi) is 4.01. The zero-order chi connectivity index (χ0) is 13.0. The zero-order valence-corrected chi connectivity index (χ0v) is 11.6. The Hall–Kier alpha value is -1.79. The van der Waals surface area contributed by atoms with Crippen molar-refractivity contribution in [3.05, 3.63) is 64.1 Å². The summed E-state index contributed by atoms with van der Waals surface area (Å²) in [4.78, 5) is 0. The third-order valence-electron chi connectivity index (χ3n) is 2.80. The van der Waals surface area contributed by atoms with Gasteiger partial charge in [-0.25, -0.2) is 0 Å². The Balaban J connectivity index is 2.25. The smallest absolute Gasteiger partial charge is 0.103 e. The molecule has 2 aromatic carbocycles. The number of hydrogen-bond acceptors (Lipinski definition) is 2. The van der Waals surface area contributed by atoms with Crippen LogP contribution in [0.25, 0.3) is 0 Å². The van der Waals surface area contributed by atoms with Crippen LogP contribution in [0, 0.1) is 11.3 Å². The molecule has 0 aromatic heterocycles. The first-order valence-electron chi connectivity index (χ1n) is 5.72. The Morgan fingerprint density at radius 2 is 1.83 bits per heavy atom. The van der Waals surface area contributed by atoms with Gasteiger partial charge in [0.1, 0.15) is 6.07 Å². The number of nitrogens with zero attached hydrogens (tertiary/aromatic N) is 1. The van der Waals surface area contributed by atoms with Crippen LogP contribution in [0.5, 0.6) is 0 Å². The fourth-order valence-corrected chi connectivity index (χ4v) is 2.27. The number of hydrogen-bond donors (Lipinski definition) is 1. The molecule has 2 nitrogen and oxygen atoms in total. The van der Waals surface area contributed by atoms with Gasteiger partial charge in [-0.2, -0.15) is 5.26 Å². The molecule has 0 bridgehead atoms. The van der Waals surface area contributed by atoms with Crippen LogP contribution in [0.4, 0.5) is 5.69 Å². The average molecular weight is 301 g/mol. The molecule has 0 saturated carbocycles. The van der Waals surface area contributed by atoms with Gasteiger partial charge in [0.05, 0.1) is 11.3 Å². The normalized spacial score (nSPS) is 11.6. The van der Waals surface area contributed by atoms with Gasteiger partial charge in [-0.1, -0.05) is 36.4 Å². The second-order valence-corrected chi connectivity index (χ2v) is 4.91. The number of halogens is 1. The van der Waals surface area contributed by atoms with E-state index < -0.39 is 0 Å². The summed E-state index contributed by atoms with van der Waals surface area (Å²) in [5.41, 5.74) is 2.69. The Labute approximate surface area is 115 Å². The molecule has 1 unspecified atom stereocenters. The van der Waals surface area contributed by atoms with Crippen molar-refractivity contribution in [2.75, 3.05) is 5.32 Å². The molecule has 0 saturated heterocycles. The summed E-state index contributed by atoms with van der Waals surface area (Å²) < 4.78 is 0.815. The molecule has 0 fully saturated rings. The first-order valence-corrected chi connectivity index (χ1v) is 6.51. The van der Waals surface area contributed by atoms with E-state index in [0.717, 1.165) is 10.2 Å². The van der Waals surface area contributed by atoms with E-state index in [1.54, 1.807) is 0 Å². The van der Waals surface area contributed by atoms with Crippen LogP contribution in [0.1, 0.15) is 24.1 Å². The minimum Gasteiger partial charge on any atom is -0.377 e. The highest BCUT2D eigenvalue weighted by atomic mass is 79.9. The van der Waals surface area contributed by atoms with Gasteiger partial charge in [-0.3, -0.25) is 0 Å². The van der Waals surface area contributed by atoms with Crippen LogP contribution in [-0.2, 0) is 0 Å². The topological polar surface area (TPSA) is 35.8 Å². The summed E-state index contributed by atoms with van der Waals surface area (Å²) in [5.74, 6) is 0. The molecular weight excluding hydrogens is 288 g/mol. The van der Waals surface area contributed by atoms with Crippen LogP contribution in [0.2, 0.25) is 0 Å². The van der Waals surface area contributed by atoms with Gasteiger partial charge < -0.3 is 5.32 Å². The predicted molar refractivity (Wildman–Crippen MR) is 77.3 cm³/mol. The molecule has 3 heteroatoms. The molecule has 0 aliphatic carbocycles. The lowest BCUT2D eigenvalue weighted by Gasteiger charge is -2.17. The van der Waals surface area contributed by atoms with Crippen molar-refractivity contribution in [1.29, 1.82) is 5.26 Å². The number of rotatable bonds is 3. The third kappa shape index (κ3) is 2.72. The van der Waals surface area contributed by atoms with Crippen molar-refractivity contribution in [2.45, 2.75) is 13.0 Å². The minimum absolute atomic E-state index is 0.160. The Morgan fingerprint density at radius 3 is 2.50 bits per heavy atom. The van der Waals surface area contributed by atoms with E-state index in [1.807, 2.05) is 36.4 Å². The lowest BCUT2D eigenvalue weighted by molar-refractivity contribution is 0.884. The summed E-state index contributed by atoms with van der Waals surface area (Å²) >= 11 is 3.39. The van der Waals surface area contributed by atoms with Gasteiger partial charge in [-0.05, 0) is 40.5 Å². The van der Waals surface area contributed by atoms with Gasteiger partial charge in [0.25, 0.3) is 0 Å². The second kappa shape index (κ2) is 5.70. The van der Waals surface area contributed by atoms with Crippen LogP contribution in [0.3, 0.4) is 0 Å². The predicted octanol–water partition coefficient (Wildman–Crippen LogP) is 4.49. The fraction of sp³-hybridized carbons (Fsp3) is 0.133. The summed E-state index contributed by atoms with van der Waals surface area (Å²) in [6.07, 6.45) is 0. The first-order chi connectivity index (χ1) is 8.72. The van der Waals surface area contributed by atoms with Gasteiger partial charge >= 0.3 is 0 Å². The molecule has 0 heterocycles. The van der Waals surface area contributed by atoms with E-state index >= 15 is 0 Å². The summed E-state index contributed by atoms with van der Waals surface area (Å²) in [5, 5.41) is 12.5. The van der Waals surface area contributed by atoms with Gasteiger partial charge in [0.2, 0.25) is 0 Å². The van der Waals surface area contributed by atoms with Crippen LogP contribution in [0.15, 0.2) is 53.0 Å². The molecule has 1 atom stereocenters.